The second kappa shape index (κ2) is 6.79. The van der Waals surface area contributed by atoms with Gasteiger partial charge >= 0.3 is 0 Å². The van der Waals surface area contributed by atoms with Crippen molar-refractivity contribution in [2.75, 3.05) is 12.4 Å². The van der Waals surface area contributed by atoms with E-state index in [2.05, 4.69) is 16.4 Å². The molecule has 3 rings (SSSR count). The number of aromatic nitrogens is 1. The van der Waals surface area contributed by atoms with Crippen LogP contribution in [0.5, 0.6) is 5.75 Å². The van der Waals surface area contributed by atoms with Gasteiger partial charge in [-0.3, -0.25) is 4.79 Å². The summed E-state index contributed by atoms with van der Waals surface area (Å²) in [5.74, 6) is 0.539. The molecule has 0 aliphatic carbocycles. The zero-order valence-electron chi connectivity index (χ0n) is 13.6. The summed E-state index contributed by atoms with van der Waals surface area (Å²) in [5.41, 5.74) is 3.97. The molecule has 1 N–H and O–H groups in total. The number of nitrogens with one attached hydrogen (secondary N) is 1. The van der Waals surface area contributed by atoms with Gasteiger partial charge in [0.1, 0.15) is 11.3 Å². The Bertz CT molecular complexity index is 921. The average molecular weight is 361 g/mol. The van der Waals surface area contributed by atoms with E-state index in [9.17, 15) is 4.79 Å². The van der Waals surface area contributed by atoms with Crippen molar-refractivity contribution >= 4 is 44.2 Å². The number of methoxy groups -OCH3 is 1. The third-order valence-electron chi connectivity index (χ3n) is 3.77. The van der Waals surface area contributed by atoms with Crippen LogP contribution in [0.1, 0.15) is 16.7 Å². The minimum atomic E-state index is -0.101. The molecule has 1 amide bonds. The highest BCUT2D eigenvalue weighted by molar-refractivity contribution is 7.23. The highest BCUT2D eigenvalue weighted by Gasteiger charge is 2.14. The van der Waals surface area contributed by atoms with Crippen LogP contribution < -0.4 is 10.1 Å². The average Bonchev–Trinajstić information content (AvgIpc) is 2.95. The first kappa shape index (κ1) is 16.7. The molecule has 0 fully saturated rings. The van der Waals surface area contributed by atoms with Crippen molar-refractivity contribution in [3.8, 4) is 5.75 Å². The number of nitrogens with zero attached hydrogens (tertiary/aromatic N) is 1. The number of ether oxygens (including phenoxy) is 1. The number of fused-ring (bicyclic) bond motifs is 1. The van der Waals surface area contributed by atoms with Gasteiger partial charge in [-0.15, -0.1) is 0 Å². The SMILES string of the molecule is COc1ccc(Cl)c2sc(NC(=O)Cc3ccc(C)cc3C)nc12. The first-order chi connectivity index (χ1) is 11.5. The number of amides is 1. The molecule has 2 aromatic carbocycles. The smallest absolute Gasteiger partial charge is 0.230 e. The first-order valence-electron chi connectivity index (χ1n) is 7.47. The van der Waals surface area contributed by atoms with Crippen LogP contribution in [0.25, 0.3) is 10.2 Å². The molecule has 24 heavy (non-hydrogen) atoms. The third kappa shape index (κ3) is 3.37. The van der Waals surface area contributed by atoms with Crippen LogP contribution >= 0.6 is 22.9 Å². The monoisotopic (exact) mass is 360 g/mol. The highest BCUT2D eigenvalue weighted by Crippen LogP contribution is 2.37. The Morgan fingerprint density at radius 1 is 1.29 bits per heavy atom. The van der Waals surface area contributed by atoms with Crippen molar-refractivity contribution in [1.82, 2.24) is 4.98 Å². The Labute approximate surface area is 149 Å². The van der Waals surface area contributed by atoms with E-state index in [4.69, 9.17) is 16.3 Å². The molecule has 0 bridgehead atoms. The van der Waals surface area contributed by atoms with Crippen LogP contribution in [-0.4, -0.2) is 18.0 Å². The fraction of sp³-hybridized carbons (Fsp3) is 0.222. The topological polar surface area (TPSA) is 51.2 Å². The summed E-state index contributed by atoms with van der Waals surface area (Å²) in [5, 5.41) is 3.97. The standard InChI is InChI=1S/C18H17ClN2O2S/c1-10-4-5-12(11(2)8-10)9-15(22)20-18-21-16-14(23-3)7-6-13(19)17(16)24-18/h4-8H,9H2,1-3H3,(H,20,21,22). The van der Waals surface area contributed by atoms with Crippen LogP contribution in [0.15, 0.2) is 30.3 Å². The van der Waals surface area contributed by atoms with Gasteiger partial charge in [-0.25, -0.2) is 4.98 Å². The number of carbonyl (C=O) groups is 1. The zero-order valence-corrected chi connectivity index (χ0v) is 15.2. The number of rotatable bonds is 4. The maximum atomic E-state index is 12.3. The lowest BCUT2D eigenvalue weighted by atomic mass is 10.0. The summed E-state index contributed by atoms with van der Waals surface area (Å²) in [7, 11) is 1.58. The molecule has 3 aromatic rings. The summed E-state index contributed by atoms with van der Waals surface area (Å²) in [6.07, 6.45) is 0.312. The number of carbonyl (C=O) groups excluding carboxylic acids is 1. The summed E-state index contributed by atoms with van der Waals surface area (Å²) in [4.78, 5) is 16.8. The molecule has 4 nitrogen and oxygen atoms in total. The van der Waals surface area contributed by atoms with E-state index < -0.39 is 0 Å². The van der Waals surface area contributed by atoms with Crippen molar-refractivity contribution in [2.24, 2.45) is 0 Å². The van der Waals surface area contributed by atoms with Gasteiger partial charge in [-0.1, -0.05) is 46.7 Å². The lowest BCUT2D eigenvalue weighted by Crippen LogP contribution is -2.14. The van der Waals surface area contributed by atoms with Gasteiger partial charge in [0.15, 0.2) is 5.13 Å². The van der Waals surface area contributed by atoms with Gasteiger partial charge in [0.25, 0.3) is 0 Å². The quantitative estimate of drug-likeness (QED) is 0.730. The van der Waals surface area contributed by atoms with Crippen LogP contribution in [0.2, 0.25) is 5.02 Å². The number of aryl methyl sites for hydroxylation is 2. The Morgan fingerprint density at radius 3 is 2.79 bits per heavy atom. The molecule has 0 aliphatic heterocycles. The normalized spacial score (nSPS) is 10.8. The summed E-state index contributed by atoms with van der Waals surface area (Å²) in [6.45, 7) is 4.05. The number of hydrogen-bond acceptors (Lipinski definition) is 4. The van der Waals surface area contributed by atoms with E-state index in [1.165, 1.54) is 16.9 Å². The van der Waals surface area contributed by atoms with E-state index in [-0.39, 0.29) is 5.91 Å². The van der Waals surface area contributed by atoms with Crippen molar-refractivity contribution in [2.45, 2.75) is 20.3 Å². The predicted molar refractivity (Wildman–Crippen MR) is 99.4 cm³/mol. The molecular formula is C18H17ClN2O2S. The number of benzene rings is 2. The minimum Gasteiger partial charge on any atom is -0.494 e. The molecule has 0 aliphatic rings. The van der Waals surface area contributed by atoms with Gasteiger partial charge in [0.05, 0.1) is 23.3 Å². The number of anilines is 1. The fourth-order valence-corrected chi connectivity index (χ4v) is 3.72. The van der Waals surface area contributed by atoms with Gasteiger partial charge in [0.2, 0.25) is 5.91 Å². The zero-order chi connectivity index (χ0) is 17.3. The predicted octanol–water partition coefficient (Wildman–Crippen LogP) is 4.76. The van der Waals surface area contributed by atoms with Crippen molar-refractivity contribution in [3.05, 3.63) is 52.0 Å². The summed E-state index contributed by atoms with van der Waals surface area (Å²) >= 11 is 7.55. The maximum Gasteiger partial charge on any atom is 0.230 e. The molecule has 0 atom stereocenters. The second-order valence-corrected chi connectivity index (χ2v) is 7.01. The highest BCUT2D eigenvalue weighted by atomic mass is 35.5. The van der Waals surface area contributed by atoms with Gasteiger partial charge in [-0.05, 0) is 37.1 Å². The van der Waals surface area contributed by atoms with Crippen LogP contribution in [-0.2, 0) is 11.2 Å². The van der Waals surface area contributed by atoms with E-state index in [0.29, 0.717) is 27.8 Å². The molecule has 0 saturated heterocycles. The second-order valence-electron chi connectivity index (χ2n) is 5.60. The van der Waals surface area contributed by atoms with Crippen molar-refractivity contribution < 1.29 is 9.53 Å². The van der Waals surface area contributed by atoms with E-state index >= 15 is 0 Å². The summed E-state index contributed by atoms with van der Waals surface area (Å²) in [6, 6.07) is 9.61. The molecule has 1 aromatic heterocycles. The lowest BCUT2D eigenvalue weighted by molar-refractivity contribution is -0.115. The largest absolute Gasteiger partial charge is 0.494 e. The minimum absolute atomic E-state index is 0.101. The Kier molecular flexibility index (Phi) is 4.73. The molecule has 1 heterocycles. The number of thiazole rings is 1. The first-order valence-corrected chi connectivity index (χ1v) is 8.66. The van der Waals surface area contributed by atoms with E-state index in [1.807, 2.05) is 26.0 Å². The molecular weight excluding hydrogens is 344 g/mol. The van der Waals surface area contributed by atoms with E-state index in [1.54, 1.807) is 19.2 Å². The van der Waals surface area contributed by atoms with Crippen molar-refractivity contribution in [1.29, 1.82) is 0 Å². The molecule has 6 heteroatoms. The lowest BCUT2D eigenvalue weighted by Gasteiger charge is -2.06. The number of halogens is 1. The van der Waals surface area contributed by atoms with Crippen molar-refractivity contribution in [3.63, 3.8) is 0 Å². The number of hydrogen-bond donors (Lipinski definition) is 1. The van der Waals surface area contributed by atoms with Crippen LogP contribution in [0.4, 0.5) is 5.13 Å². The molecule has 124 valence electrons. The molecule has 0 saturated carbocycles. The van der Waals surface area contributed by atoms with Gasteiger partial charge in [0, 0.05) is 0 Å². The molecule has 0 spiro atoms. The fourth-order valence-electron chi connectivity index (χ4n) is 2.55. The third-order valence-corrected chi connectivity index (χ3v) is 5.20. The van der Waals surface area contributed by atoms with E-state index in [0.717, 1.165) is 15.8 Å². The molecule has 0 radical (unpaired) electrons. The summed E-state index contributed by atoms with van der Waals surface area (Å²) < 4.78 is 6.10. The molecule has 0 unspecified atom stereocenters. The Morgan fingerprint density at radius 2 is 2.08 bits per heavy atom. The van der Waals surface area contributed by atoms with Gasteiger partial charge in [-0.2, -0.15) is 0 Å². The van der Waals surface area contributed by atoms with Crippen LogP contribution in [0.3, 0.4) is 0 Å². The van der Waals surface area contributed by atoms with Crippen LogP contribution in [0, 0.1) is 13.8 Å². The Hall–Kier alpha value is -2.11. The van der Waals surface area contributed by atoms with Gasteiger partial charge < -0.3 is 10.1 Å². The maximum absolute atomic E-state index is 12.3. The Balaban J connectivity index is 1.82.